The van der Waals surface area contributed by atoms with Crippen molar-refractivity contribution in [3.05, 3.63) is 25.0 Å². The van der Waals surface area contributed by atoms with E-state index in [1.807, 2.05) is 24.6 Å². The Bertz CT molecular complexity index is 523. The van der Waals surface area contributed by atoms with Gasteiger partial charge < -0.3 is 9.88 Å². The van der Waals surface area contributed by atoms with Gasteiger partial charge in [-0.3, -0.25) is 4.79 Å². The Balaban J connectivity index is 1.84. The molecule has 0 unspecified atom stereocenters. The monoisotopic (exact) mass is 291 g/mol. The van der Waals surface area contributed by atoms with Crippen molar-refractivity contribution in [1.29, 1.82) is 0 Å². The predicted octanol–water partition coefficient (Wildman–Crippen LogP) is 0.663. The number of carbonyl (C=O) groups is 1. The second kappa shape index (κ2) is 7.51. The molecule has 1 N–H and O–H groups in total. The lowest BCUT2D eigenvalue weighted by Crippen LogP contribution is -2.37. The van der Waals surface area contributed by atoms with Gasteiger partial charge in [0.15, 0.2) is 0 Å². The maximum Gasteiger partial charge on any atom is 0.245 e. The molecule has 2 atom stereocenters. The molecule has 0 bridgehead atoms. The molecule has 1 amide bonds. The highest BCUT2D eigenvalue weighted by Crippen LogP contribution is 2.19. The van der Waals surface area contributed by atoms with Crippen LogP contribution in [0.2, 0.25) is 0 Å². The fourth-order valence-corrected chi connectivity index (χ4v) is 2.16. The molecule has 0 spiro atoms. The Kier molecular flexibility index (Phi) is 5.42. The molecule has 2 rings (SSSR count). The first-order valence-corrected chi connectivity index (χ1v) is 7.18. The quantitative estimate of drug-likeness (QED) is 0.722. The van der Waals surface area contributed by atoms with Gasteiger partial charge in [0.1, 0.15) is 12.4 Å². The summed E-state index contributed by atoms with van der Waals surface area (Å²) in [6.07, 6.45) is 8.64. The fourth-order valence-electron chi connectivity index (χ4n) is 2.16. The number of rotatable bonds is 8. The zero-order chi connectivity index (χ0) is 15.1. The summed E-state index contributed by atoms with van der Waals surface area (Å²) in [5, 5.41) is 14.0. The zero-order valence-corrected chi connectivity index (χ0v) is 12.4. The first-order valence-electron chi connectivity index (χ1n) is 7.18. The molecule has 0 aliphatic carbocycles. The number of carbonyl (C=O) groups excluding carboxylic acids is 1. The van der Waals surface area contributed by atoms with E-state index in [1.54, 1.807) is 12.5 Å². The minimum absolute atomic E-state index is 0.0396. The van der Waals surface area contributed by atoms with Crippen LogP contribution in [0.15, 0.2) is 25.0 Å². The van der Waals surface area contributed by atoms with Crippen LogP contribution in [-0.4, -0.2) is 42.2 Å². The maximum atomic E-state index is 12.4. The third-order valence-corrected chi connectivity index (χ3v) is 3.55. The molecule has 0 saturated carbocycles. The van der Waals surface area contributed by atoms with Crippen molar-refractivity contribution >= 4 is 5.91 Å². The largest absolute Gasteiger partial charge is 0.354 e. The summed E-state index contributed by atoms with van der Waals surface area (Å²) in [6.45, 7) is 5.52. The molecule has 0 radical (unpaired) electrons. The molecule has 8 heteroatoms. The number of aromatic nitrogens is 6. The lowest BCUT2D eigenvalue weighted by Gasteiger charge is -2.21. The van der Waals surface area contributed by atoms with Gasteiger partial charge in [-0.15, -0.1) is 5.10 Å². The fraction of sp³-hybridized carbons (Fsp3) is 0.615. The predicted molar refractivity (Wildman–Crippen MR) is 76.2 cm³/mol. The van der Waals surface area contributed by atoms with Crippen molar-refractivity contribution in [2.75, 3.05) is 6.54 Å². The standard InChI is InChI=1S/C13H21N7O/c1-3-11(2)12(20-10-16-17-18-20)13(21)15-5-4-7-19-8-6-14-9-19/h6,8-12H,3-5,7H2,1-2H3,(H,15,21)/t11-,12-/m0/s1. The van der Waals surface area contributed by atoms with Gasteiger partial charge in [0, 0.05) is 25.5 Å². The SMILES string of the molecule is CC[C@H](C)[C@@H](C(=O)NCCCn1ccnc1)n1cnnn1. The van der Waals surface area contributed by atoms with Gasteiger partial charge in [0.25, 0.3) is 0 Å². The number of tetrazole rings is 1. The van der Waals surface area contributed by atoms with Crippen molar-refractivity contribution in [3.8, 4) is 0 Å². The normalized spacial score (nSPS) is 13.8. The van der Waals surface area contributed by atoms with E-state index in [4.69, 9.17) is 0 Å². The molecule has 0 aliphatic rings. The van der Waals surface area contributed by atoms with Crippen LogP contribution in [0, 0.1) is 5.92 Å². The van der Waals surface area contributed by atoms with Crippen molar-refractivity contribution in [1.82, 2.24) is 35.1 Å². The van der Waals surface area contributed by atoms with Crippen LogP contribution in [0.3, 0.4) is 0 Å². The first-order chi connectivity index (χ1) is 10.2. The third kappa shape index (κ3) is 4.11. The van der Waals surface area contributed by atoms with E-state index in [-0.39, 0.29) is 17.9 Å². The summed E-state index contributed by atoms with van der Waals surface area (Å²) in [5.41, 5.74) is 0. The van der Waals surface area contributed by atoms with E-state index in [0.29, 0.717) is 6.54 Å². The van der Waals surface area contributed by atoms with E-state index in [2.05, 4.69) is 25.8 Å². The number of nitrogens with one attached hydrogen (secondary N) is 1. The molecular formula is C13H21N7O. The Morgan fingerprint density at radius 2 is 2.24 bits per heavy atom. The lowest BCUT2D eigenvalue weighted by atomic mass is 9.98. The highest BCUT2D eigenvalue weighted by Gasteiger charge is 2.26. The number of amides is 1. The molecule has 0 aromatic carbocycles. The summed E-state index contributed by atoms with van der Waals surface area (Å²) in [5.74, 6) is 0.129. The minimum atomic E-state index is -0.363. The third-order valence-electron chi connectivity index (χ3n) is 3.55. The second-order valence-electron chi connectivity index (χ2n) is 5.07. The van der Waals surface area contributed by atoms with Crippen LogP contribution < -0.4 is 5.32 Å². The Labute approximate surface area is 123 Å². The van der Waals surface area contributed by atoms with E-state index in [9.17, 15) is 4.79 Å². The number of hydrogen-bond donors (Lipinski definition) is 1. The van der Waals surface area contributed by atoms with Crippen LogP contribution in [0.4, 0.5) is 0 Å². The van der Waals surface area contributed by atoms with Gasteiger partial charge in [0.05, 0.1) is 6.33 Å². The molecule has 0 fully saturated rings. The minimum Gasteiger partial charge on any atom is -0.354 e. The van der Waals surface area contributed by atoms with Crippen molar-refractivity contribution in [3.63, 3.8) is 0 Å². The van der Waals surface area contributed by atoms with E-state index >= 15 is 0 Å². The van der Waals surface area contributed by atoms with Crippen LogP contribution in [0.25, 0.3) is 0 Å². The van der Waals surface area contributed by atoms with E-state index in [1.165, 1.54) is 11.0 Å². The first kappa shape index (κ1) is 15.1. The highest BCUT2D eigenvalue weighted by molar-refractivity contribution is 5.80. The number of hydrogen-bond acceptors (Lipinski definition) is 5. The molecule has 0 saturated heterocycles. The van der Waals surface area contributed by atoms with Crippen molar-refractivity contribution < 1.29 is 4.79 Å². The van der Waals surface area contributed by atoms with Crippen LogP contribution in [-0.2, 0) is 11.3 Å². The summed E-state index contributed by atoms with van der Waals surface area (Å²) >= 11 is 0. The van der Waals surface area contributed by atoms with Crippen molar-refractivity contribution in [2.45, 2.75) is 39.3 Å². The molecule has 2 heterocycles. The lowest BCUT2D eigenvalue weighted by molar-refractivity contribution is -0.126. The van der Waals surface area contributed by atoms with Crippen LogP contribution in [0.1, 0.15) is 32.7 Å². The summed E-state index contributed by atoms with van der Waals surface area (Å²) in [7, 11) is 0. The van der Waals surface area contributed by atoms with Gasteiger partial charge >= 0.3 is 0 Å². The Hall–Kier alpha value is -2.25. The van der Waals surface area contributed by atoms with Crippen LogP contribution in [0.5, 0.6) is 0 Å². The van der Waals surface area contributed by atoms with Gasteiger partial charge in [-0.1, -0.05) is 20.3 Å². The molecular weight excluding hydrogens is 270 g/mol. The average Bonchev–Trinajstić information content (AvgIpc) is 3.17. The summed E-state index contributed by atoms with van der Waals surface area (Å²) in [4.78, 5) is 16.3. The van der Waals surface area contributed by atoms with Crippen molar-refractivity contribution in [2.24, 2.45) is 5.92 Å². The zero-order valence-electron chi connectivity index (χ0n) is 12.4. The highest BCUT2D eigenvalue weighted by atomic mass is 16.2. The smallest absolute Gasteiger partial charge is 0.245 e. The van der Waals surface area contributed by atoms with Gasteiger partial charge in [-0.2, -0.15) is 0 Å². The maximum absolute atomic E-state index is 12.4. The average molecular weight is 291 g/mol. The molecule has 8 nitrogen and oxygen atoms in total. The summed E-state index contributed by atoms with van der Waals surface area (Å²) in [6, 6.07) is -0.363. The van der Waals surface area contributed by atoms with Gasteiger partial charge in [0.2, 0.25) is 5.91 Å². The molecule has 0 aliphatic heterocycles. The number of nitrogens with zero attached hydrogens (tertiary/aromatic N) is 6. The van der Waals surface area contributed by atoms with E-state index < -0.39 is 0 Å². The van der Waals surface area contributed by atoms with Gasteiger partial charge in [-0.05, 0) is 22.8 Å². The molecule has 114 valence electrons. The Morgan fingerprint density at radius 3 is 2.86 bits per heavy atom. The number of imidazole rings is 1. The van der Waals surface area contributed by atoms with Gasteiger partial charge in [-0.25, -0.2) is 9.67 Å². The number of aryl methyl sites for hydroxylation is 1. The molecule has 2 aromatic rings. The molecule has 2 aromatic heterocycles. The molecule has 21 heavy (non-hydrogen) atoms. The Morgan fingerprint density at radius 1 is 1.38 bits per heavy atom. The second-order valence-corrected chi connectivity index (χ2v) is 5.07. The van der Waals surface area contributed by atoms with E-state index in [0.717, 1.165) is 19.4 Å². The topological polar surface area (TPSA) is 90.5 Å². The summed E-state index contributed by atoms with van der Waals surface area (Å²) < 4.78 is 3.51. The van der Waals surface area contributed by atoms with Crippen LogP contribution >= 0.6 is 0 Å².